The van der Waals surface area contributed by atoms with Crippen LogP contribution in [0.1, 0.15) is 5.69 Å². The predicted molar refractivity (Wildman–Crippen MR) is 100.0 cm³/mol. The molecule has 3 rings (SSSR count). The van der Waals surface area contributed by atoms with Crippen molar-refractivity contribution in [2.45, 2.75) is 11.4 Å². The van der Waals surface area contributed by atoms with Crippen molar-refractivity contribution in [1.82, 2.24) is 15.2 Å². The van der Waals surface area contributed by atoms with E-state index in [0.717, 1.165) is 16.9 Å². The molecule has 27 heavy (non-hydrogen) atoms. The van der Waals surface area contributed by atoms with Crippen LogP contribution in [0, 0.1) is 0 Å². The van der Waals surface area contributed by atoms with E-state index in [2.05, 4.69) is 26.9 Å². The Balaban J connectivity index is 1.73. The number of nitrogens with two attached hydrogens (primary N) is 1. The molecule has 10 nitrogen and oxygen atoms in total. The van der Waals surface area contributed by atoms with E-state index >= 15 is 0 Å². The number of nitrogens with one attached hydrogen (secondary N) is 1. The Morgan fingerprint density at radius 3 is 3.00 bits per heavy atom. The summed E-state index contributed by atoms with van der Waals surface area (Å²) in [4.78, 5) is 45.7. The van der Waals surface area contributed by atoms with Gasteiger partial charge in [-0.05, 0) is 5.57 Å². The third-order valence-electron chi connectivity index (χ3n) is 3.68. The molecule has 0 bridgehead atoms. The molecule has 0 aliphatic carbocycles. The summed E-state index contributed by atoms with van der Waals surface area (Å²) in [5.74, 6) is -1.54. The summed E-state index contributed by atoms with van der Waals surface area (Å²) in [6.07, 6.45) is 3.39. The number of carbonyl (C=O) groups excluding carboxylic acids is 2. The van der Waals surface area contributed by atoms with Crippen LogP contribution in [0.5, 0.6) is 0 Å². The summed E-state index contributed by atoms with van der Waals surface area (Å²) in [7, 11) is 0. The van der Waals surface area contributed by atoms with E-state index in [1.54, 1.807) is 12.3 Å². The maximum atomic E-state index is 12.6. The van der Waals surface area contributed by atoms with Crippen molar-refractivity contribution in [1.29, 1.82) is 0 Å². The Hall–Kier alpha value is -2.86. The number of nitrogens with zero attached hydrogens (tertiary/aromatic N) is 3. The largest absolute Gasteiger partial charge is 0.479 e. The number of anilines is 1. The summed E-state index contributed by atoms with van der Waals surface area (Å²) in [5, 5.41) is 16.3. The minimum Gasteiger partial charge on any atom is -0.479 e. The number of hydrogen-bond acceptors (Lipinski definition) is 9. The van der Waals surface area contributed by atoms with Crippen LogP contribution < -0.4 is 11.1 Å². The fraction of sp³-hybridized carbons (Fsp3) is 0.267. The molecule has 0 aromatic carbocycles. The molecule has 0 radical (unpaired) electrons. The number of thiazole rings is 1. The summed E-state index contributed by atoms with van der Waals surface area (Å²) in [6, 6.07) is -0.731. The van der Waals surface area contributed by atoms with E-state index < -0.39 is 24.5 Å². The Bertz CT molecular complexity index is 865. The van der Waals surface area contributed by atoms with Gasteiger partial charge in [0.1, 0.15) is 17.1 Å². The van der Waals surface area contributed by atoms with E-state index in [4.69, 9.17) is 10.8 Å². The second-order valence-electron chi connectivity index (χ2n) is 5.48. The van der Waals surface area contributed by atoms with Gasteiger partial charge in [0.15, 0.2) is 10.8 Å². The highest BCUT2D eigenvalue weighted by atomic mass is 32.2. The summed E-state index contributed by atoms with van der Waals surface area (Å²) < 4.78 is 0. The van der Waals surface area contributed by atoms with Gasteiger partial charge in [0.2, 0.25) is 6.61 Å². The molecule has 1 fully saturated rings. The molecule has 1 saturated heterocycles. The van der Waals surface area contributed by atoms with Gasteiger partial charge >= 0.3 is 5.97 Å². The number of amides is 2. The van der Waals surface area contributed by atoms with Gasteiger partial charge in [0, 0.05) is 17.3 Å². The van der Waals surface area contributed by atoms with Crippen LogP contribution in [-0.2, 0) is 19.2 Å². The third-order valence-corrected chi connectivity index (χ3v) is 5.69. The van der Waals surface area contributed by atoms with Crippen LogP contribution >= 0.6 is 23.1 Å². The lowest BCUT2D eigenvalue weighted by atomic mass is 10.1. The zero-order chi connectivity index (χ0) is 19.6. The lowest BCUT2D eigenvalue weighted by molar-refractivity contribution is -0.143. The Morgan fingerprint density at radius 2 is 2.37 bits per heavy atom. The highest BCUT2D eigenvalue weighted by molar-refractivity contribution is 8.00. The third kappa shape index (κ3) is 3.95. The molecule has 4 N–H and O–H groups in total. The molecule has 1 aromatic rings. The SMILES string of the molecule is C=CC1=CN2C(=O)C(NC(=O)C(=NOCC(=O)O)c3csc(N)n3)[C@@H]2SC1. The lowest BCUT2D eigenvalue weighted by Crippen LogP contribution is -2.69. The number of carbonyl (C=O) groups is 3. The maximum absolute atomic E-state index is 12.6. The normalized spacial score (nSPS) is 21.6. The average molecular weight is 409 g/mol. The molecule has 142 valence electrons. The fourth-order valence-corrected chi connectivity index (χ4v) is 4.21. The number of carboxylic acids is 1. The van der Waals surface area contributed by atoms with E-state index in [9.17, 15) is 14.4 Å². The Labute approximate surface area is 161 Å². The number of carboxylic acid groups (broad SMARTS) is 1. The van der Waals surface area contributed by atoms with Gasteiger partial charge in [-0.2, -0.15) is 0 Å². The van der Waals surface area contributed by atoms with Crippen molar-refractivity contribution >= 4 is 51.7 Å². The van der Waals surface area contributed by atoms with Crippen molar-refractivity contribution in [2.24, 2.45) is 5.16 Å². The second-order valence-corrected chi connectivity index (χ2v) is 7.48. The molecular weight excluding hydrogens is 394 g/mol. The van der Waals surface area contributed by atoms with Gasteiger partial charge < -0.3 is 25.9 Å². The maximum Gasteiger partial charge on any atom is 0.344 e. The zero-order valence-corrected chi connectivity index (χ0v) is 15.5. The molecule has 1 aromatic heterocycles. The molecule has 1 unspecified atom stereocenters. The first-order chi connectivity index (χ1) is 12.9. The fourth-order valence-electron chi connectivity index (χ4n) is 2.40. The number of aromatic nitrogens is 1. The first-order valence-corrected chi connectivity index (χ1v) is 9.54. The van der Waals surface area contributed by atoms with Gasteiger partial charge in [-0.3, -0.25) is 9.59 Å². The van der Waals surface area contributed by atoms with Crippen LogP contribution in [0.4, 0.5) is 5.13 Å². The monoisotopic (exact) mass is 409 g/mol. The van der Waals surface area contributed by atoms with Gasteiger partial charge in [-0.1, -0.05) is 17.8 Å². The highest BCUT2D eigenvalue weighted by Gasteiger charge is 2.49. The minimum absolute atomic E-state index is 0.133. The van der Waals surface area contributed by atoms with Crippen molar-refractivity contribution < 1.29 is 24.3 Å². The number of fused-ring (bicyclic) bond motifs is 1. The number of hydrogen-bond donors (Lipinski definition) is 3. The first kappa shape index (κ1) is 18.9. The molecular formula is C15H15N5O5S2. The summed E-state index contributed by atoms with van der Waals surface area (Å²) in [5.41, 5.74) is 6.38. The number of thioether (sulfide) groups is 1. The van der Waals surface area contributed by atoms with E-state index in [1.165, 1.54) is 22.0 Å². The molecule has 2 aliphatic heterocycles. The van der Waals surface area contributed by atoms with Gasteiger partial charge in [-0.15, -0.1) is 23.1 Å². The Kier molecular flexibility index (Phi) is 5.46. The molecule has 2 atom stereocenters. The number of rotatable bonds is 7. The smallest absolute Gasteiger partial charge is 0.344 e. The van der Waals surface area contributed by atoms with Crippen LogP contribution in [0.2, 0.25) is 0 Å². The first-order valence-electron chi connectivity index (χ1n) is 7.61. The van der Waals surface area contributed by atoms with E-state index in [0.29, 0.717) is 5.75 Å². The lowest BCUT2D eigenvalue weighted by Gasteiger charge is -2.47. The van der Waals surface area contributed by atoms with Crippen molar-refractivity contribution in [3.05, 3.63) is 35.5 Å². The van der Waals surface area contributed by atoms with Crippen molar-refractivity contribution in [2.75, 3.05) is 18.1 Å². The van der Waals surface area contributed by atoms with Crippen LogP contribution in [0.15, 0.2) is 35.0 Å². The quantitative estimate of drug-likeness (QED) is 0.324. The van der Waals surface area contributed by atoms with E-state index in [1.807, 2.05) is 0 Å². The van der Waals surface area contributed by atoms with Crippen LogP contribution in [0.3, 0.4) is 0 Å². The zero-order valence-electron chi connectivity index (χ0n) is 13.8. The number of aliphatic carboxylic acids is 1. The van der Waals surface area contributed by atoms with Crippen molar-refractivity contribution in [3.63, 3.8) is 0 Å². The van der Waals surface area contributed by atoms with E-state index in [-0.39, 0.29) is 27.8 Å². The predicted octanol–water partition coefficient (Wildman–Crippen LogP) is 0.000400. The Morgan fingerprint density at radius 1 is 1.59 bits per heavy atom. The summed E-state index contributed by atoms with van der Waals surface area (Å²) in [6.45, 7) is 2.96. The van der Waals surface area contributed by atoms with Crippen molar-refractivity contribution in [3.8, 4) is 0 Å². The van der Waals surface area contributed by atoms with Gasteiger partial charge in [-0.25, -0.2) is 9.78 Å². The minimum atomic E-state index is -1.25. The van der Waals surface area contributed by atoms with Gasteiger partial charge in [0.25, 0.3) is 11.8 Å². The number of nitrogen functional groups attached to an aromatic ring is 1. The molecule has 3 heterocycles. The molecule has 12 heteroatoms. The topological polar surface area (TPSA) is 147 Å². The molecule has 0 spiro atoms. The molecule has 2 aliphatic rings. The van der Waals surface area contributed by atoms with Crippen LogP contribution in [-0.4, -0.2) is 62.3 Å². The van der Waals surface area contributed by atoms with Crippen LogP contribution in [0.25, 0.3) is 0 Å². The number of allylic oxidation sites excluding steroid dienone is 1. The summed E-state index contributed by atoms with van der Waals surface area (Å²) >= 11 is 2.59. The second kappa shape index (κ2) is 7.80. The van der Waals surface area contributed by atoms with Gasteiger partial charge in [0.05, 0.1) is 0 Å². The average Bonchev–Trinajstić information content (AvgIpc) is 3.08. The number of β-lactam (4-membered cyclic amide) rings is 1. The molecule has 0 saturated carbocycles. The highest BCUT2D eigenvalue weighted by Crippen LogP contribution is 2.36. The standard InChI is InChI=1S/C15H15N5O5S2/c1-2-7-3-20-13(24)11(14(20)26-5-7)18-12(23)10(19-25-4-9(21)22)8-6-27-15(16)17-8/h2-3,6,11,14H,1,4-5H2,(H2,16,17)(H,18,23)(H,21,22)/t11?,14-/m0/s1. The molecule has 2 amide bonds. The number of oxime groups is 1.